The molecule has 30 heavy (non-hydrogen) atoms. The minimum absolute atomic E-state index is 0.000199. The number of thioether (sulfide) groups is 1. The monoisotopic (exact) mass is 442 g/mol. The number of hydrogen-bond acceptors (Lipinski definition) is 6. The molecule has 0 spiro atoms. The van der Waals surface area contributed by atoms with Gasteiger partial charge in [-0.3, -0.25) is 4.79 Å². The number of piperazine rings is 1. The Morgan fingerprint density at radius 3 is 2.70 bits per heavy atom. The summed E-state index contributed by atoms with van der Waals surface area (Å²) in [6.45, 7) is 2.67. The lowest BCUT2D eigenvalue weighted by molar-refractivity contribution is 0.0498. The first kappa shape index (κ1) is 19.6. The highest BCUT2D eigenvalue weighted by atomic mass is 32.2. The van der Waals surface area contributed by atoms with Crippen LogP contribution in [0.2, 0.25) is 0 Å². The van der Waals surface area contributed by atoms with Gasteiger partial charge in [0.05, 0.1) is 17.5 Å². The number of anilines is 1. The van der Waals surface area contributed by atoms with Crippen LogP contribution in [0, 0.1) is 0 Å². The molecule has 0 radical (unpaired) electrons. The second-order valence-electron chi connectivity index (χ2n) is 7.78. The molecule has 7 nitrogen and oxygen atoms in total. The van der Waals surface area contributed by atoms with Crippen molar-refractivity contribution in [1.82, 2.24) is 9.80 Å². The summed E-state index contributed by atoms with van der Waals surface area (Å²) in [5.41, 5.74) is 2.67. The standard InChI is InChI=1S/C21H22N4O3S2/c1-23-9-10-24(18(14-23)15-5-3-2-4-6-15)20(26)16-7-8-17-19(13-16)29-21-22-30(27,28)12-11-25(17)21/h2-8,13,18H,9-12,14H2,1H3. The molecule has 2 aromatic carbocycles. The smallest absolute Gasteiger partial charge is 0.257 e. The largest absolute Gasteiger partial charge is 0.329 e. The van der Waals surface area contributed by atoms with Gasteiger partial charge in [0.1, 0.15) is 0 Å². The third kappa shape index (κ3) is 3.51. The van der Waals surface area contributed by atoms with E-state index < -0.39 is 10.0 Å². The molecular formula is C21H22N4O3S2. The summed E-state index contributed by atoms with van der Waals surface area (Å²) < 4.78 is 27.6. The van der Waals surface area contributed by atoms with E-state index in [1.807, 2.05) is 46.2 Å². The average molecular weight is 443 g/mol. The number of carbonyl (C=O) groups is 1. The van der Waals surface area contributed by atoms with Crippen LogP contribution in [0.15, 0.2) is 57.8 Å². The van der Waals surface area contributed by atoms with Gasteiger partial charge in [0.25, 0.3) is 15.9 Å². The van der Waals surface area contributed by atoms with Crippen LogP contribution in [0.1, 0.15) is 22.0 Å². The SMILES string of the molecule is CN1CCN(C(=O)c2ccc3c(c2)SC2=NS(=O)(=O)CCN23)C(c2ccccc2)C1. The van der Waals surface area contributed by atoms with Crippen LogP contribution >= 0.6 is 11.8 Å². The van der Waals surface area contributed by atoms with Gasteiger partial charge in [-0.25, -0.2) is 8.42 Å². The van der Waals surface area contributed by atoms with Crippen LogP contribution in [0.4, 0.5) is 5.69 Å². The Morgan fingerprint density at radius 2 is 1.90 bits per heavy atom. The van der Waals surface area contributed by atoms with E-state index in [4.69, 9.17) is 0 Å². The Morgan fingerprint density at radius 1 is 1.10 bits per heavy atom. The Kier molecular flexibility index (Phi) is 4.83. The van der Waals surface area contributed by atoms with Crippen molar-refractivity contribution >= 4 is 38.5 Å². The van der Waals surface area contributed by atoms with Crippen LogP contribution in [0.25, 0.3) is 0 Å². The van der Waals surface area contributed by atoms with Gasteiger partial charge in [-0.2, -0.15) is 0 Å². The fourth-order valence-corrected chi connectivity index (χ4v) is 6.45. The first-order valence-electron chi connectivity index (χ1n) is 9.88. The molecule has 5 rings (SSSR count). The van der Waals surface area contributed by atoms with E-state index in [1.54, 1.807) is 0 Å². The zero-order valence-electron chi connectivity index (χ0n) is 16.6. The van der Waals surface area contributed by atoms with Crippen LogP contribution in [-0.2, 0) is 10.0 Å². The second-order valence-corrected chi connectivity index (χ2v) is 10.5. The highest BCUT2D eigenvalue weighted by molar-refractivity contribution is 8.15. The van der Waals surface area contributed by atoms with E-state index in [0.29, 0.717) is 23.8 Å². The van der Waals surface area contributed by atoms with Crippen molar-refractivity contribution in [3.05, 3.63) is 59.7 Å². The van der Waals surface area contributed by atoms with Gasteiger partial charge < -0.3 is 14.7 Å². The summed E-state index contributed by atoms with van der Waals surface area (Å²) in [6.07, 6.45) is 0. The molecule has 2 aromatic rings. The molecule has 9 heteroatoms. The molecule has 0 saturated carbocycles. The van der Waals surface area contributed by atoms with Crippen molar-refractivity contribution in [2.75, 3.05) is 43.9 Å². The van der Waals surface area contributed by atoms with Gasteiger partial charge >= 0.3 is 0 Å². The molecule has 1 fully saturated rings. The molecule has 0 aromatic heterocycles. The zero-order valence-corrected chi connectivity index (χ0v) is 18.2. The summed E-state index contributed by atoms with van der Waals surface area (Å²) in [4.78, 5) is 20.5. The van der Waals surface area contributed by atoms with Gasteiger partial charge in [0, 0.05) is 36.6 Å². The molecule has 1 unspecified atom stereocenters. The molecule has 0 N–H and O–H groups in total. The number of amidine groups is 1. The van der Waals surface area contributed by atoms with Gasteiger partial charge in [-0.15, -0.1) is 4.40 Å². The molecule has 3 aliphatic heterocycles. The number of likely N-dealkylation sites (N-methyl/N-ethyl adjacent to an activating group) is 1. The van der Waals surface area contributed by atoms with Crippen molar-refractivity contribution in [1.29, 1.82) is 0 Å². The van der Waals surface area contributed by atoms with E-state index in [0.717, 1.165) is 29.2 Å². The average Bonchev–Trinajstić information content (AvgIpc) is 3.09. The zero-order chi connectivity index (χ0) is 20.9. The number of sulfonamides is 1. The Balaban J connectivity index is 1.45. The highest BCUT2D eigenvalue weighted by Crippen LogP contribution is 2.42. The lowest BCUT2D eigenvalue weighted by atomic mass is 10.0. The minimum atomic E-state index is -3.40. The van der Waals surface area contributed by atoms with Crippen molar-refractivity contribution in [3.63, 3.8) is 0 Å². The predicted octanol–water partition coefficient (Wildman–Crippen LogP) is 2.43. The maximum Gasteiger partial charge on any atom is 0.257 e. The van der Waals surface area contributed by atoms with E-state index in [-0.39, 0.29) is 17.7 Å². The topological polar surface area (TPSA) is 73.3 Å². The normalized spacial score (nSPS) is 23.0. The Bertz CT molecular complexity index is 1130. The van der Waals surface area contributed by atoms with E-state index in [1.165, 1.54) is 11.8 Å². The molecule has 0 aliphatic carbocycles. The molecule has 156 valence electrons. The fraction of sp³-hybridized carbons (Fsp3) is 0.333. The molecule has 3 aliphatic rings. The van der Waals surface area contributed by atoms with Crippen LogP contribution in [0.5, 0.6) is 0 Å². The lowest BCUT2D eigenvalue weighted by Crippen LogP contribution is -2.49. The molecular weight excluding hydrogens is 420 g/mol. The molecule has 3 heterocycles. The molecule has 1 saturated heterocycles. The summed E-state index contributed by atoms with van der Waals surface area (Å²) in [5.74, 6) is 0.0109. The van der Waals surface area contributed by atoms with Crippen LogP contribution in [0.3, 0.4) is 0 Å². The quantitative estimate of drug-likeness (QED) is 0.711. The maximum absolute atomic E-state index is 13.5. The lowest BCUT2D eigenvalue weighted by Gasteiger charge is -2.40. The third-order valence-corrected chi connectivity index (χ3v) is 8.05. The minimum Gasteiger partial charge on any atom is -0.329 e. The third-order valence-electron chi connectivity index (χ3n) is 5.75. The van der Waals surface area contributed by atoms with Crippen LogP contribution in [-0.4, -0.2) is 68.3 Å². The number of nitrogens with zero attached hydrogens (tertiary/aromatic N) is 4. The van der Waals surface area contributed by atoms with Gasteiger partial charge in [0.15, 0.2) is 5.17 Å². The Hall–Kier alpha value is -2.36. The van der Waals surface area contributed by atoms with E-state index >= 15 is 0 Å². The van der Waals surface area contributed by atoms with E-state index in [9.17, 15) is 13.2 Å². The second kappa shape index (κ2) is 7.40. The first-order chi connectivity index (χ1) is 14.4. The number of hydrogen-bond donors (Lipinski definition) is 0. The summed E-state index contributed by atoms with van der Waals surface area (Å²) in [7, 11) is -1.32. The van der Waals surface area contributed by atoms with Crippen molar-refractivity contribution in [3.8, 4) is 0 Å². The summed E-state index contributed by atoms with van der Waals surface area (Å²) >= 11 is 1.32. The predicted molar refractivity (Wildman–Crippen MR) is 119 cm³/mol. The maximum atomic E-state index is 13.5. The van der Waals surface area contributed by atoms with Crippen molar-refractivity contribution in [2.24, 2.45) is 4.40 Å². The molecule has 1 atom stereocenters. The van der Waals surface area contributed by atoms with Gasteiger partial charge in [0.2, 0.25) is 0 Å². The first-order valence-corrected chi connectivity index (χ1v) is 12.3. The number of rotatable bonds is 2. The highest BCUT2D eigenvalue weighted by Gasteiger charge is 2.35. The van der Waals surface area contributed by atoms with Gasteiger partial charge in [-0.1, -0.05) is 30.3 Å². The molecule has 0 bridgehead atoms. The molecule has 1 amide bonds. The number of amides is 1. The number of benzene rings is 2. The summed E-state index contributed by atoms with van der Waals surface area (Å²) in [6, 6.07) is 15.7. The van der Waals surface area contributed by atoms with Crippen molar-refractivity contribution < 1.29 is 13.2 Å². The van der Waals surface area contributed by atoms with Gasteiger partial charge in [-0.05, 0) is 42.6 Å². The van der Waals surface area contributed by atoms with Crippen LogP contribution < -0.4 is 4.90 Å². The summed E-state index contributed by atoms with van der Waals surface area (Å²) in [5, 5.41) is 0.475. The van der Waals surface area contributed by atoms with Crippen molar-refractivity contribution in [2.45, 2.75) is 10.9 Å². The Labute approximate surface area is 180 Å². The van der Waals surface area contributed by atoms with E-state index in [2.05, 4.69) is 28.5 Å². The number of fused-ring (bicyclic) bond motifs is 3. The number of carbonyl (C=O) groups excluding carboxylic acids is 1. The fourth-order valence-electron chi connectivity index (χ4n) is 4.15.